The highest BCUT2D eigenvalue weighted by molar-refractivity contribution is 6.19. The number of amides is 3. The Labute approximate surface area is 160 Å². The molecule has 9 heteroatoms. The minimum absolute atomic E-state index is 0.00989. The first kappa shape index (κ1) is 17.9. The summed E-state index contributed by atoms with van der Waals surface area (Å²) in [6.45, 7) is 2.62. The van der Waals surface area contributed by atoms with E-state index in [1.54, 1.807) is 36.1 Å². The zero-order valence-corrected chi connectivity index (χ0v) is 15.2. The summed E-state index contributed by atoms with van der Waals surface area (Å²) in [6, 6.07) is 5.72. The van der Waals surface area contributed by atoms with Crippen molar-refractivity contribution in [3.63, 3.8) is 0 Å². The Morgan fingerprint density at radius 1 is 1.18 bits per heavy atom. The first-order valence-electron chi connectivity index (χ1n) is 8.80. The summed E-state index contributed by atoms with van der Waals surface area (Å²) >= 11 is 0. The van der Waals surface area contributed by atoms with Crippen LogP contribution in [0.3, 0.4) is 0 Å². The summed E-state index contributed by atoms with van der Waals surface area (Å²) in [5.41, 5.74) is 2.19. The Morgan fingerprint density at radius 3 is 2.68 bits per heavy atom. The van der Waals surface area contributed by atoms with E-state index in [2.05, 4.69) is 10.3 Å². The second kappa shape index (κ2) is 7.26. The molecule has 8 nitrogen and oxygen atoms in total. The van der Waals surface area contributed by atoms with Crippen LogP contribution in [-0.4, -0.2) is 44.9 Å². The summed E-state index contributed by atoms with van der Waals surface area (Å²) in [7, 11) is 0. The number of hydrogen-bond acceptors (Lipinski definition) is 5. The van der Waals surface area contributed by atoms with Gasteiger partial charge in [-0.25, -0.2) is 14.1 Å². The van der Waals surface area contributed by atoms with Gasteiger partial charge in [-0.2, -0.15) is 5.10 Å². The van der Waals surface area contributed by atoms with Crippen molar-refractivity contribution in [3.05, 3.63) is 65.6 Å². The van der Waals surface area contributed by atoms with E-state index in [4.69, 9.17) is 4.52 Å². The third-order valence-electron chi connectivity index (χ3n) is 4.68. The average molecular weight is 383 g/mol. The van der Waals surface area contributed by atoms with E-state index in [-0.39, 0.29) is 24.3 Å². The molecule has 0 spiro atoms. The van der Waals surface area contributed by atoms with Crippen molar-refractivity contribution in [2.45, 2.75) is 19.9 Å². The van der Waals surface area contributed by atoms with Crippen LogP contribution < -0.4 is 4.90 Å². The van der Waals surface area contributed by atoms with Gasteiger partial charge in [0.25, 0.3) is 5.91 Å². The number of halogens is 1. The van der Waals surface area contributed by atoms with Gasteiger partial charge in [0.15, 0.2) is 0 Å². The molecule has 0 aliphatic carbocycles. The van der Waals surface area contributed by atoms with Crippen LogP contribution in [0.25, 0.3) is 0 Å². The van der Waals surface area contributed by atoms with E-state index < -0.39 is 0 Å². The van der Waals surface area contributed by atoms with Crippen LogP contribution in [0.1, 0.15) is 16.9 Å². The first-order chi connectivity index (χ1) is 13.5. The number of aryl methyl sites for hydroxylation is 1. The number of benzene rings is 1. The monoisotopic (exact) mass is 383 g/mol. The smallest absolute Gasteiger partial charge is 0.331 e. The highest BCUT2D eigenvalue weighted by Gasteiger charge is 2.37. The zero-order valence-electron chi connectivity index (χ0n) is 15.2. The lowest BCUT2D eigenvalue weighted by atomic mass is 10.1. The Hall–Kier alpha value is -3.49. The van der Waals surface area contributed by atoms with Crippen molar-refractivity contribution in [1.29, 1.82) is 0 Å². The van der Waals surface area contributed by atoms with Crippen LogP contribution in [0, 0.1) is 12.7 Å². The van der Waals surface area contributed by atoms with Gasteiger partial charge in [0.1, 0.15) is 18.1 Å². The third-order valence-corrected chi connectivity index (χ3v) is 4.68. The highest BCUT2D eigenvalue weighted by Crippen LogP contribution is 2.22. The van der Waals surface area contributed by atoms with E-state index >= 15 is 0 Å². The van der Waals surface area contributed by atoms with Crippen LogP contribution in [0.5, 0.6) is 0 Å². The summed E-state index contributed by atoms with van der Waals surface area (Å²) < 4.78 is 19.6. The molecule has 1 saturated heterocycles. The maximum absolute atomic E-state index is 13.0. The molecule has 0 unspecified atom stereocenters. The fraction of sp³-hybridized carbons (Fsp3) is 0.263. The Bertz CT molecular complexity index is 1010. The van der Waals surface area contributed by atoms with E-state index in [0.29, 0.717) is 31.0 Å². The molecular formula is C19H18FN5O3. The van der Waals surface area contributed by atoms with Gasteiger partial charge in [-0.1, -0.05) is 17.3 Å². The number of rotatable bonds is 6. The molecular weight excluding hydrogens is 365 g/mol. The zero-order chi connectivity index (χ0) is 19.7. The molecule has 3 aromatic rings. The molecule has 0 bridgehead atoms. The Balaban J connectivity index is 1.42. The number of imide groups is 1. The normalized spacial score (nSPS) is 14.4. The van der Waals surface area contributed by atoms with E-state index in [9.17, 15) is 14.0 Å². The number of urea groups is 1. The number of carbonyl (C=O) groups is 2. The maximum atomic E-state index is 13.0. The second-order valence-corrected chi connectivity index (χ2v) is 6.61. The van der Waals surface area contributed by atoms with Gasteiger partial charge < -0.3 is 9.42 Å². The number of carbonyl (C=O) groups excluding carboxylic acids is 2. The third kappa shape index (κ3) is 3.51. The van der Waals surface area contributed by atoms with Crippen LogP contribution in [0.2, 0.25) is 0 Å². The fourth-order valence-corrected chi connectivity index (χ4v) is 3.09. The average Bonchev–Trinajstić information content (AvgIpc) is 3.36. The molecule has 1 fully saturated rings. The lowest BCUT2D eigenvalue weighted by Gasteiger charge is -2.15. The van der Waals surface area contributed by atoms with Gasteiger partial charge in [-0.15, -0.1) is 0 Å². The molecule has 0 saturated carbocycles. The van der Waals surface area contributed by atoms with Crippen molar-refractivity contribution in [1.82, 2.24) is 19.8 Å². The molecule has 4 rings (SSSR count). The molecule has 2 aromatic heterocycles. The van der Waals surface area contributed by atoms with Gasteiger partial charge >= 0.3 is 6.03 Å². The number of hydrogen-bond donors (Lipinski definition) is 0. The van der Waals surface area contributed by atoms with Gasteiger partial charge in [0, 0.05) is 18.3 Å². The van der Waals surface area contributed by atoms with Crippen LogP contribution in [0.15, 0.2) is 47.4 Å². The van der Waals surface area contributed by atoms with Crippen LogP contribution in [-0.2, 0) is 17.8 Å². The minimum atomic E-state index is -0.382. The summed E-state index contributed by atoms with van der Waals surface area (Å²) in [4.78, 5) is 27.7. The molecule has 0 radical (unpaired) electrons. The molecule has 1 aliphatic heterocycles. The van der Waals surface area contributed by atoms with Crippen LogP contribution in [0.4, 0.5) is 14.9 Å². The number of aromatic nitrogens is 3. The van der Waals surface area contributed by atoms with Crippen LogP contribution >= 0.6 is 0 Å². The summed E-state index contributed by atoms with van der Waals surface area (Å²) in [5, 5.41) is 7.94. The molecule has 0 atom stereocenters. The molecule has 0 N–H and O–H groups in total. The molecule has 1 aromatic carbocycles. The lowest BCUT2D eigenvalue weighted by molar-refractivity contribution is -0.116. The predicted molar refractivity (Wildman–Crippen MR) is 97.1 cm³/mol. The highest BCUT2D eigenvalue weighted by atomic mass is 19.1. The molecule has 1 aliphatic rings. The van der Waals surface area contributed by atoms with Crippen molar-refractivity contribution >= 4 is 17.6 Å². The quantitative estimate of drug-likeness (QED) is 0.610. The summed E-state index contributed by atoms with van der Waals surface area (Å²) in [6.07, 6.45) is 5.28. The minimum Gasteiger partial charge on any atom is -0.361 e. The second-order valence-electron chi connectivity index (χ2n) is 6.61. The molecule has 3 amide bonds. The standard InChI is InChI=1S/C19H18FN5O3/c1-13-15(8-22-28-13)10-24-11-17(9-21-24)25-18(26)12-23(19(25)27)7-6-14-2-4-16(20)5-3-14/h2-5,8-9,11H,6-7,10,12H2,1H3. The molecule has 28 heavy (non-hydrogen) atoms. The molecule has 144 valence electrons. The van der Waals surface area contributed by atoms with Crippen molar-refractivity contribution in [2.75, 3.05) is 18.0 Å². The Kier molecular flexibility index (Phi) is 4.64. The van der Waals surface area contributed by atoms with Crippen molar-refractivity contribution in [3.8, 4) is 0 Å². The van der Waals surface area contributed by atoms with Crippen molar-refractivity contribution in [2.24, 2.45) is 0 Å². The largest absolute Gasteiger partial charge is 0.361 e. The fourth-order valence-electron chi connectivity index (χ4n) is 3.09. The topological polar surface area (TPSA) is 84.5 Å². The Morgan fingerprint density at radius 2 is 1.96 bits per heavy atom. The predicted octanol–water partition coefficient (Wildman–Crippen LogP) is 2.38. The van der Waals surface area contributed by atoms with E-state index in [1.807, 2.05) is 0 Å². The van der Waals surface area contributed by atoms with Gasteiger partial charge in [0.2, 0.25) is 0 Å². The first-order valence-corrected chi connectivity index (χ1v) is 8.80. The summed E-state index contributed by atoms with van der Waals surface area (Å²) in [5.74, 6) is 0.0860. The van der Waals surface area contributed by atoms with E-state index in [1.165, 1.54) is 23.2 Å². The van der Waals surface area contributed by atoms with Gasteiger partial charge in [-0.05, 0) is 31.0 Å². The van der Waals surface area contributed by atoms with Gasteiger partial charge in [-0.3, -0.25) is 9.48 Å². The number of nitrogens with zero attached hydrogens (tertiary/aromatic N) is 5. The maximum Gasteiger partial charge on any atom is 0.331 e. The number of anilines is 1. The lowest BCUT2D eigenvalue weighted by Crippen LogP contribution is -2.33. The van der Waals surface area contributed by atoms with Crippen molar-refractivity contribution < 1.29 is 18.5 Å². The molecule has 3 heterocycles. The van der Waals surface area contributed by atoms with E-state index in [0.717, 1.165) is 16.0 Å². The SMILES string of the molecule is Cc1oncc1Cn1cc(N2C(=O)CN(CCc3ccc(F)cc3)C2=O)cn1. The van der Waals surface area contributed by atoms with Gasteiger partial charge in [0.05, 0.1) is 24.6 Å².